The van der Waals surface area contributed by atoms with Crippen molar-refractivity contribution in [2.24, 2.45) is 0 Å². The number of rotatable bonds is 3. The van der Waals surface area contributed by atoms with Gasteiger partial charge in [0.15, 0.2) is 0 Å². The molecule has 0 unspecified atom stereocenters. The van der Waals surface area contributed by atoms with Crippen molar-refractivity contribution in [2.45, 2.75) is 6.42 Å². The van der Waals surface area contributed by atoms with Crippen LogP contribution < -0.4 is 5.32 Å². The van der Waals surface area contributed by atoms with Crippen LogP contribution in [0.25, 0.3) is 0 Å². The van der Waals surface area contributed by atoms with Gasteiger partial charge in [-0.05, 0) is 29.1 Å². The molecule has 1 aromatic carbocycles. The van der Waals surface area contributed by atoms with Crippen LogP contribution in [0.4, 0.5) is 5.69 Å². The van der Waals surface area contributed by atoms with E-state index in [1.165, 1.54) is 11.3 Å². The Morgan fingerprint density at radius 1 is 1.24 bits per heavy atom. The molecular formula is C12H9Cl2NOS. The molecule has 17 heavy (non-hydrogen) atoms. The quantitative estimate of drug-likeness (QED) is 0.898. The molecule has 0 bridgehead atoms. The Balaban J connectivity index is 2.08. The number of halogens is 2. The molecule has 0 aliphatic heterocycles. The summed E-state index contributed by atoms with van der Waals surface area (Å²) in [4.78, 5) is 11.8. The summed E-state index contributed by atoms with van der Waals surface area (Å²) in [5.41, 5.74) is 1.45. The fourth-order valence-electron chi connectivity index (χ4n) is 1.40. The van der Waals surface area contributed by atoms with Crippen LogP contribution in [0, 0.1) is 0 Å². The van der Waals surface area contributed by atoms with Crippen LogP contribution in [0.1, 0.15) is 5.56 Å². The lowest BCUT2D eigenvalue weighted by Crippen LogP contribution is -2.14. The summed E-state index contributed by atoms with van der Waals surface area (Å²) in [5, 5.41) is 7.57. The second-order valence-electron chi connectivity index (χ2n) is 3.44. The largest absolute Gasteiger partial charge is 0.325 e. The van der Waals surface area contributed by atoms with Gasteiger partial charge in [0.1, 0.15) is 0 Å². The van der Waals surface area contributed by atoms with Crippen molar-refractivity contribution in [2.75, 3.05) is 5.32 Å². The molecule has 2 rings (SSSR count). The molecule has 2 aromatic rings. The van der Waals surface area contributed by atoms with Gasteiger partial charge in [0.05, 0.1) is 12.1 Å². The van der Waals surface area contributed by atoms with E-state index in [1.807, 2.05) is 16.8 Å². The number of benzene rings is 1. The zero-order valence-electron chi connectivity index (χ0n) is 8.74. The van der Waals surface area contributed by atoms with Crippen molar-refractivity contribution in [3.63, 3.8) is 0 Å². The summed E-state index contributed by atoms with van der Waals surface area (Å²) in [7, 11) is 0. The highest BCUT2D eigenvalue weighted by Gasteiger charge is 2.10. The van der Waals surface area contributed by atoms with Crippen molar-refractivity contribution < 1.29 is 4.79 Å². The highest BCUT2D eigenvalue weighted by molar-refractivity contribution is 7.08. The fourth-order valence-corrected chi connectivity index (χ4v) is 2.52. The van der Waals surface area contributed by atoms with E-state index in [0.717, 1.165) is 5.69 Å². The van der Waals surface area contributed by atoms with Gasteiger partial charge >= 0.3 is 0 Å². The Hall–Kier alpha value is -1.03. The van der Waals surface area contributed by atoms with Gasteiger partial charge in [0.2, 0.25) is 5.91 Å². The van der Waals surface area contributed by atoms with Gasteiger partial charge in [0, 0.05) is 15.4 Å². The number of thiophene rings is 1. The van der Waals surface area contributed by atoms with Gasteiger partial charge in [-0.2, -0.15) is 11.3 Å². The predicted octanol–water partition coefficient (Wildman–Crippen LogP) is 4.24. The summed E-state index contributed by atoms with van der Waals surface area (Å²) in [5.74, 6) is -0.126. The molecule has 1 heterocycles. The third-order valence-electron chi connectivity index (χ3n) is 2.20. The number of hydrogen-bond acceptors (Lipinski definition) is 2. The molecule has 5 heteroatoms. The molecule has 0 spiro atoms. The van der Waals surface area contributed by atoms with Gasteiger partial charge < -0.3 is 5.32 Å². The van der Waals surface area contributed by atoms with Crippen molar-refractivity contribution in [3.8, 4) is 0 Å². The molecule has 0 radical (unpaired) electrons. The monoisotopic (exact) mass is 285 g/mol. The average Bonchev–Trinajstić information content (AvgIpc) is 2.76. The molecule has 88 valence electrons. The van der Waals surface area contributed by atoms with Crippen LogP contribution in [-0.2, 0) is 11.2 Å². The molecular weight excluding hydrogens is 277 g/mol. The third-order valence-corrected chi connectivity index (χ3v) is 3.60. The maximum absolute atomic E-state index is 11.8. The van der Waals surface area contributed by atoms with E-state index < -0.39 is 0 Å². The second-order valence-corrected chi connectivity index (χ2v) is 5.03. The highest BCUT2D eigenvalue weighted by atomic mass is 35.5. The lowest BCUT2D eigenvalue weighted by Gasteiger charge is -2.06. The van der Waals surface area contributed by atoms with Gasteiger partial charge in [-0.15, -0.1) is 0 Å². The maximum atomic E-state index is 11.8. The number of carbonyl (C=O) groups excluding carboxylic acids is 1. The second kappa shape index (κ2) is 5.54. The average molecular weight is 286 g/mol. The highest BCUT2D eigenvalue weighted by Crippen LogP contribution is 2.25. The Kier molecular flexibility index (Phi) is 4.05. The molecule has 1 amide bonds. The number of carbonyl (C=O) groups is 1. The smallest absolute Gasteiger partial charge is 0.228 e. The molecule has 0 saturated heterocycles. The minimum atomic E-state index is -0.126. The summed E-state index contributed by atoms with van der Waals surface area (Å²) >= 11 is 13.5. The van der Waals surface area contributed by atoms with E-state index in [9.17, 15) is 4.79 Å². The number of hydrogen-bond donors (Lipinski definition) is 1. The SMILES string of the molecule is O=C(Cc1c(Cl)cccc1Cl)Nc1ccsc1. The van der Waals surface area contributed by atoms with Crippen LogP contribution >= 0.6 is 34.5 Å². The Bertz CT molecular complexity index is 505. The zero-order chi connectivity index (χ0) is 12.3. The van der Waals surface area contributed by atoms with Crippen LogP contribution in [0.3, 0.4) is 0 Å². The van der Waals surface area contributed by atoms with Gasteiger partial charge in [-0.1, -0.05) is 29.3 Å². The molecule has 0 aliphatic carbocycles. The molecule has 0 aliphatic rings. The Labute approximate surface area is 113 Å². The van der Waals surface area contributed by atoms with E-state index in [-0.39, 0.29) is 12.3 Å². The first-order valence-electron chi connectivity index (χ1n) is 4.92. The molecule has 1 aromatic heterocycles. The molecule has 0 atom stereocenters. The first kappa shape index (κ1) is 12.4. The molecule has 1 N–H and O–H groups in total. The van der Waals surface area contributed by atoms with Crippen LogP contribution in [-0.4, -0.2) is 5.91 Å². The predicted molar refractivity (Wildman–Crippen MR) is 73.1 cm³/mol. The lowest BCUT2D eigenvalue weighted by molar-refractivity contribution is -0.115. The normalized spacial score (nSPS) is 10.2. The summed E-state index contributed by atoms with van der Waals surface area (Å²) in [6.45, 7) is 0. The van der Waals surface area contributed by atoms with E-state index >= 15 is 0 Å². The van der Waals surface area contributed by atoms with E-state index in [4.69, 9.17) is 23.2 Å². The van der Waals surface area contributed by atoms with Crippen molar-refractivity contribution in [1.29, 1.82) is 0 Å². The van der Waals surface area contributed by atoms with E-state index in [0.29, 0.717) is 15.6 Å². The van der Waals surface area contributed by atoms with Crippen LogP contribution in [0.15, 0.2) is 35.0 Å². The topological polar surface area (TPSA) is 29.1 Å². The van der Waals surface area contributed by atoms with Gasteiger partial charge in [0.25, 0.3) is 0 Å². The number of amides is 1. The van der Waals surface area contributed by atoms with Crippen molar-refractivity contribution >= 4 is 46.1 Å². The minimum absolute atomic E-state index is 0.126. The first-order valence-corrected chi connectivity index (χ1v) is 6.61. The first-order chi connectivity index (χ1) is 8.16. The zero-order valence-corrected chi connectivity index (χ0v) is 11.1. The molecule has 2 nitrogen and oxygen atoms in total. The third kappa shape index (κ3) is 3.22. The van der Waals surface area contributed by atoms with E-state index in [2.05, 4.69) is 5.32 Å². The maximum Gasteiger partial charge on any atom is 0.228 e. The Morgan fingerprint density at radius 2 is 1.94 bits per heavy atom. The van der Waals surface area contributed by atoms with Gasteiger partial charge in [-0.3, -0.25) is 4.79 Å². The van der Waals surface area contributed by atoms with Crippen molar-refractivity contribution in [1.82, 2.24) is 0 Å². The van der Waals surface area contributed by atoms with Crippen molar-refractivity contribution in [3.05, 3.63) is 50.6 Å². The number of nitrogens with one attached hydrogen (secondary N) is 1. The molecule has 0 fully saturated rings. The van der Waals surface area contributed by atoms with Gasteiger partial charge in [-0.25, -0.2) is 0 Å². The standard InChI is InChI=1S/C12H9Cl2NOS/c13-10-2-1-3-11(14)9(10)6-12(16)15-8-4-5-17-7-8/h1-5,7H,6H2,(H,15,16). The van der Waals surface area contributed by atoms with Crippen LogP contribution in [0.2, 0.25) is 10.0 Å². The van der Waals surface area contributed by atoms with E-state index in [1.54, 1.807) is 18.2 Å². The van der Waals surface area contributed by atoms with Crippen LogP contribution in [0.5, 0.6) is 0 Å². The fraction of sp³-hybridized carbons (Fsp3) is 0.0833. The Morgan fingerprint density at radius 3 is 2.53 bits per heavy atom. The number of anilines is 1. The summed E-state index contributed by atoms with van der Waals surface area (Å²) < 4.78 is 0. The summed E-state index contributed by atoms with van der Waals surface area (Å²) in [6, 6.07) is 7.04. The molecule has 0 saturated carbocycles. The minimum Gasteiger partial charge on any atom is -0.325 e. The lowest BCUT2D eigenvalue weighted by atomic mass is 10.1. The summed E-state index contributed by atoms with van der Waals surface area (Å²) in [6.07, 6.45) is 0.175.